The van der Waals surface area contributed by atoms with Crippen LogP contribution in [0.15, 0.2) is 54.7 Å². The highest BCUT2D eigenvalue weighted by atomic mass is 35.5. The molecule has 0 unspecified atom stereocenters. The van der Waals surface area contributed by atoms with Crippen LogP contribution in [0, 0.1) is 5.41 Å². The van der Waals surface area contributed by atoms with Crippen LogP contribution >= 0.6 is 11.6 Å². The molecule has 15 heteroatoms. The summed E-state index contributed by atoms with van der Waals surface area (Å²) in [7, 11) is 5.63. The molecule has 2 aromatic carbocycles. The Morgan fingerprint density at radius 3 is 2.19 bits per heavy atom. The third-order valence-corrected chi connectivity index (χ3v) is 6.20. The fourth-order valence-corrected chi connectivity index (χ4v) is 3.50. The maximum absolute atomic E-state index is 13.1. The molecule has 3 amide bonds. The topological polar surface area (TPSA) is 109 Å². The van der Waals surface area contributed by atoms with Gasteiger partial charge in [-0.1, -0.05) is 35.3 Å². The van der Waals surface area contributed by atoms with Gasteiger partial charge in [0.25, 0.3) is 18.2 Å². The van der Waals surface area contributed by atoms with Gasteiger partial charge in [-0.15, -0.1) is 0 Å². The minimum Gasteiger partial charge on any atom is -0.471 e. The molecule has 0 aliphatic heterocycles. The number of aromatic nitrogens is 1. The lowest BCUT2D eigenvalue weighted by Crippen LogP contribution is -2.46. The molecule has 0 aliphatic rings. The molecule has 0 spiro atoms. The smallest absolute Gasteiger partial charge is 0.402 e. The predicted molar refractivity (Wildman–Crippen MR) is 147 cm³/mol. The van der Waals surface area contributed by atoms with Crippen molar-refractivity contribution in [3.63, 3.8) is 0 Å². The Morgan fingerprint density at radius 2 is 1.57 bits per heavy atom. The molecule has 220 valence electrons. The third-order valence-electron chi connectivity index (χ3n) is 5.87. The number of carbonyl (C=O) groups excluding carboxylic acids is 3. The molecule has 0 atom stereocenters. The van der Waals surface area contributed by atoms with Crippen molar-refractivity contribution in [1.82, 2.24) is 10.3 Å². The van der Waals surface area contributed by atoms with E-state index in [2.05, 4.69) is 20.9 Å². The predicted octanol–water partition coefficient (Wildman–Crippen LogP) is 4.88. The number of ether oxygens (including phenoxy) is 1. The number of benzene rings is 2. The summed E-state index contributed by atoms with van der Waals surface area (Å²) in [5, 5.41) is 7.18. The van der Waals surface area contributed by atoms with Crippen molar-refractivity contribution >= 4 is 54.0 Å². The lowest BCUT2D eigenvalue weighted by atomic mass is 9.91. The van der Waals surface area contributed by atoms with Gasteiger partial charge in [0.1, 0.15) is 18.8 Å². The Bertz CT molecular complexity index is 1470. The first kappa shape index (κ1) is 32.3. The molecule has 0 aliphatic carbocycles. The monoisotopic (exact) mass is 608 g/mol. The van der Waals surface area contributed by atoms with Gasteiger partial charge in [-0.3, -0.25) is 14.4 Å². The zero-order valence-corrected chi connectivity index (χ0v) is 22.9. The van der Waals surface area contributed by atoms with Crippen molar-refractivity contribution in [2.24, 2.45) is 5.41 Å². The molecule has 8 nitrogen and oxygen atoms in total. The van der Waals surface area contributed by atoms with Crippen LogP contribution in [-0.2, 0) is 11.3 Å². The molecule has 1 heterocycles. The minimum atomic E-state index is -4.78. The van der Waals surface area contributed by atoms with E-state index in [0.29, 0.717) is 11.2 Å². The molecule has 0 saturated carbocycles. The first-order valence-electron chi connectivity index (χ1n) is 12.1. The van der Waals surface area contributed by atoms with Crippen LogP contribution in [0.25, 0.3) is 0 Å². The summed E-state index contributed by atoms with van der Waals surface area (Å²) >= 11 is 6.16. The highest BCUT2D eigenvalue weighted by Crippen LogP contribution is 2.37. The van der Waals surface area contributed by atoms with E-state index in [4.69, 9.17) is 24.2 Å². The lowest BCUT2D eigenvalue weighted by molar-refractivity contribution is -0.211. The Hall–Kier alpha value is -4.20. The average Bonchev–Trinajstić information content (AvgIpc) is 2.92. The fourth-order valence-electron chi connectivity index (χ4n) is 3.29. The second-order valence-electron chi connectivity index (χ2n) is 9.43. The van der Waals surface area contributed by atoms with E-state index < -0.39 is 48.2 Å². The summed E-state index contributed by atoms with van der Waals surface area (Å²) in [6.45, 7) is 0.110. The third kappa shape index (κ3) is 8.18. The summed E-state index contributed by atoms with van der Waals surface area (Å²) in [4.78, 5) is 41.9. The normalized spacial score (nSPS) is 11.6. The Balaban J connectivity index is 1.81. The van der Waals surface area contributed by atoms with Gasteiger partial charge in [-0.25, -0.2) is 13.8 Å². The number of hydrogen-bond acceptors (Lipinski definition) is 5. The highest BCUT2D eigenvalue weighted by Gasteiger charge is 2.52. The van der Waals surface area contributed by atoms with Crippen molar-refractivity contribution in [1.29, 1.82) is 0 Å². The van der Waals surface area contributed by atoms with Crippen molar-refractivity contribution in [2.45, 2.75) is 33.0 Å². The largest absolute Gasteiger partial charge is 0.471 e. The molecule has 3 aromatic rings. The molecule has 3 N–H and O–H groups in total. The molecule has 2 radical (unpaired) electrons. The summed E-state index contributed by atoms with van der Waals surface area (Å²) in [6.07, 6.45) is -6.56. The van der Waals surface area contributed by atoms with Crippen LogP contribution < -0.4 is 26.2 Å². The number of carbonyl (C=O) groups is 3. The Morgan fingerprint density at radius 1 is 0.952 bits per heavy atom. The van der Waals surface area contributed by atoms with Crippen LogP contribution in [0.1, 0.15) is 40.1 Å². The first-order chi connectivity index (χ1) is 19.6. The number of alkyl halides is 5. The van der Waals surface area contributed by atoms with Gasteiger partial charge in [0.15, 0.2) is 6.61 Å². The van der Waals surface area contributed by atoms with E-state index >= 15 is 0 Å². The second-order valence-corrected chi connectivity index (χ2v) is 9.84. The number of anilines is 2. The van der Waals surface area contributed by atoms with Crippen LogP contribution in [0.2, 0.25) is 5.02 Å². The number of pyridine rings is 1. The Labute approximate surface area is 243 Å². The SMILES string of the molecule is [B]c1ccc(NC(=O)c2cc(NC(=O)c3cc(CNC(=O)C(C)(C)C(F)(F)F)ccc3Cl)cnc2OCC(F)F)cc1. The van der Waals surface area contributed by atoms with E-state index in [0.717, 1.165) is 26.1 Å². The van der Waals surface area contributed by atoms with Gasteiger partial charge < -0.3 is 20.7 Å². The zero-order valence-electron chi connectivity index (χ0n) is 22.1. The van der Waals surface area contributed by atoms with Crippen LogP contribution in [0.5, 0.6) is 5.88 Å². The fraction of sp³-hybridized carbons (Fsp3) is 0.259. The molecular weight excluding hydrogens is 586 g/mol. The lowest BCUT2D eigenvalue weighted by Gasteiger charge is -2.26. The average molecular weight is 609 g/mol. The van der Waals surface area contributed by atoms with E-state index in [1.165, 1.54) is 42.5 Å². The van der Waals surface area contributed by atoms with Gasteiger partial charge in [0.2, 0.25) is 11.8 Å². The molecule has 0 saturated heterocycles. The number of nitrogens with one attached hydrogen (secondary N) is 3. The molecule has 1 aromatic heterocycles. The number of rotatable bonds is 10. The maximum atomic E-state index is 13.1. The van der Waals surface area contributed by atoms with Crippen LogP contribution in [0.3, 0.4) is 0 Å². The van der Waals surface area contributed by atoms with Crippen molar-refractivity contribution in [3.05, 3.63) is 76.4 Å². The van der Waals surface area contributed by atoms with Gasteiger partial charge in [0, 0.05) is 12.2 Å². The molecule has 42 heavy (non-hydrogen) atoms. The summed E-state index contributed by atoms with van der Waals surface area (Å²) < 4.78 is 69.9. The van der Waals surface area contributed by atoms with E-state index in [1.54, 1.807) is 0 Å². The van der Waals surface area contributed by atoms with Gasteiger partial charge in [-0.2, -0.15) is 13.2 Å². The summed E-state index contributed by atoms with van der Waals surface area (Å²) in [5.74, 6) is -3.26. The molecule has 0 fully saturated rings. The number of halogens is 6. The number of hydrogen-bond donors (Lipinski definition) is 3. The number of amides is 3. The van der Waals surface area contributed by atoms with E-state index in [-0.39, 0.29) is 33.9 Å². The zero-order chi connectivity index (χ0) is 31.2. The Kier molecular flexibility index (Phi) is 10.2. The summed E-state index contributed by atoms with van der Waals surface area (Å²) in [6, 6.07) is 11.2. The molecule has 3 rings (SSSR count). The molecular formula is C27H23BClF5N4O4. The summed E-state index contributed by atoms with van der Waals surface area (Å²) in [5.41, 5.74) is -2.02. The van der Waals surface area contributed by atoms with Gasteiger partial charge >= 0.3 is 6.18 Å². The van der Waals surface area contributed by atoms with Gasteiger partial charge in [0.05, 0.1) is 22.5 Å². The number of nitrogens with zero attached hydrogens (tertiary/aromatic N) is 1. The maximum Gasteiger partial charge on any atom is 0.402 e. The highest BCUT2D eigenvalue weighted by molar-refractivity contribution is 6.34. The molecule has 0 bridgehead atoms. The van der Waals surface area contributed by atoms with Crippen LogP contribution in [0.4, 0.5) is 33.3 Å². The van der Waals surface area contributed by atoms with Gasteiger partial charge in [-0.05, 0) is 49.7 Å². The van der Waals surface area contributed by atoms with Crippen molar-refractivity contribution < 1.29 is 41.1 Å². The first-order valence-corrected chi connectivity index (χ1v) is 12.5. The van der Waals surface area contributed by atoms with E-state index in [1.807, 2.05) is 0 Å². The quantitative estimate of drug-likeness (QED) is 0.225. The van der Waals surface area contributed by atoms with Crippen molar-refractivity contribution in [3.8, 4) is 5.88 Å². The van der Waals surface area contributed by atoms with Crippen molar-refractivity contribution in [2.75, 3.05) is 17.2 Å². The van der Waals surface area contributed by atoms with Crippen LogP contribution in [-0.4, -0.2) is 49.8 Å². The minimum absolute atomic E-state index is 0.0237. The standard InChI is InChI=1S/C27H23BClF5N4O4/c1-26(2,27(32,33)34)25(41)36-11-14-3-8-20(29)18(9-14)22(39)38-17-10-19(24(35-12-17)42-13-21(30)31)23(40)37-16-6-4-15(28)5-7-16/h3-10,12,21H,11,13H2,1-2H3,(H,36,41)(H,37,40)(H,38,39). The van der Waals surface area contributed by atoms with E-state index in [9.17, 15) is 36.3 Å². The second kappa shape index (κ2) is 13.2.